The highest BCUT2D eigenvalue weighted by Gasteiger charge is 2.32. The molecule has 0 aromatic heterocycles. The Morgan fingerprint density at radius 1 is 1.08 bits per heavy atom. The molecule has 0 aliphatic carbocycles. The van der Waals surface area contributed by atoms with Gasteiger partial charge in [-0.25, -0.2) is 0 Å². The fourth-order valence-electron chi connectivity index (χ4n) is 3.31. The Kier molecular flexibility index (Phi) is 7.09. The first-order valence-corrected chi connectivity index (χ1v) is 8.56. The van der Waals surface area contributed by atoms with Gasteiger partial charge in [-0.3, -0.25) is 0 Å². The van der Waals surface area contributed by atoms with E-state index in [4.69, 9.17) is 4.74 Å². The Morgan fingerprint density at radius 3 is 2.50 bits per heavy atom. The number of benzene rings is 2. The minimum absolute atomic E-state index is 0. The molecule has 6 heteroatoms. The molecule has 1 saturated heterocycles. The largest absolute Gasteiger partial charge is 0.416 e. The summed E-state index contributed by atoms with van der Waals surface area (Å²) in [6, 6.07) is 15.5. The molecule has 0 spiro atoms. The zero-order chi connectivity index (χ0) is 17.9. The van der Waals surface area contributed by atoms with Crippen molar-refractivity contribution < 1.29 is 17.9 Å². The van der Waals surface area contributed by atoms with Crippen LogP contribution in [-0.4, -0.2) is 12.6 Å². The predicted octanol–water partition coefficient (Wildman–Crippen LogP) is 5.70. The van der Waals surface area contributed by atoms with Crippen molar-refractivity contribution in [3.8, 4) is 0 Å². The van der Waals surface area contributed by atoms with Crippen molar-refractivity contribution in [2.45, 2.75) is 44.2 Å². The Hall–Kier alpha value is -1.56. The fraction of sp³-hybridized carbons (Fsp3) is 0.400. The van der Waals surface area contributed by atoms with Gasteiger partial charge in [0, 0.05) is 0 Å². The van der Waals surface area contributed by atoms with E-state index in [1.165, 1.54) is 12.1 Å². The van der Waals surface area contributed by atoms with Crippen LogP contribution >= 0.6 is 12.4 Å². The van der Waals surface area contributed by atoms with Crippen LogP contribution in [0.5, 0.6) is 0 Å². The molecule has 3 rings (SSSR count). The summed E-state index contributed by atoms with van der Waals surface area (Å²) >= 11 is 0. The molecule has 2 aromatic rings. The fourth-order valence-corrected chi connectivity index (χ4v) is 3.31. The van der Waals surface area contributed by atoms with Crippen molar-refractivity contribution in [1.82, 2.24) is 5.32 Å². The summed E-state index contributed by atoms with van der Waals surface area (Å²) in [5.41, 5.74) is 1.05. The summed E-state index contributed by atoms with van der Waals surface area (Å²) in [4.78, 5) is 0. The second-order valence-electron chi connectivity index (χ2n) is 6.42. The Bertz CT molecular complexity index is 693. The molecule has 26 heavy (non-hydrogen) atoms. The van der Waals surface area contributed by atoms with Gasteiger partial charge in [0.15, 0.2) is 0 Å². The number of ether oxygens (including phenoxy) is 1. The predicted molar refractivity (Wildman–Crippen MR) is 98.4 cm³/mol. The molecule has 2 nitrogen and oxygen atoms in total. The van der Waals surface area contributed by atoms with Crippen LogP contribution < -0.4 is 5.32 Å². The lowest BCUT2D eigenvalue weighted by molar-refractivity contribution is -0.137. The zero-order valence-corrected chi connectivity index (χ0v) is 15.3. The van der Waals surface area contributed by atoms with Gasteiger partial charge in [-0.1, -0.05) is 42.5 Å². The van der Waals surface area contributed by atoms with Gasteiger partial charge in [-0.05, 0) is 49.6 Å². The highest BCUT2D eigenvalue weighted by Crippen LogP contribution is 2.34. The minimum Gasteiger partial charge on any atom is -0.369 e. The van der Waals surface area contributed by atoms with Gasteiger partial charge in [-0.15, -0.1) is 12.4 Å². The number of hydrogen-bond acceptors (Lipinski definition) is 2. The highest BCUT2D eigenvalue weighted by molar-refractivity contribution is 5.85. The van der Waals surface area contributed by atoms with Crippen molar-refractivity contribution in [2.24, 2.45) is 0 Å². The molecule has 1 N–H and O–H groups in total. The molecule has 0 saturated carbocycles. The van der Waals surface area contributed by atoms with E-state index in [1.54, 1.807) is 6.07 Å². The molecule has 0 bridgehead atoms. The van der Waals surface area contributed by atoms with Crippen LogP contribution in [-0.2, 0) is 10.9 Å². The van der Waals surface area contributed by atoms with Crippen LogP contribution in [0.15, 0.2) is 54.6 Å². The van der Waals surface area contributed by atoms with Crippen LogP contribution in [0.1, 0.15) is 48.6 Å². The highest BCUT2D eigenvalue weighted by atomic mass is 35.5. The molecular formula is C20H23ClF3NO. The molecule has 3 atom stereocenters. The van der Waals surface area contributed by atoms with Gasteiger partial charge in [0.2, 0.25) is 0 Å². The summed E-state index contributed by atoms with van der Waals surface area (Å²) < 4.78 is 44.9. The molecule has 142 valence electrons. The molecule has 1 aliphatic heterocycles. The third-order valence-corrected chi connectivity index (χ3v) is 4.62. The Labute approximate surface area is 158 Å². The van der Waals surface area contributed by atoms with Crippen LogP contribution in [0.2, 0.25) is 0 Å². The lowest BCUT2D eigenvalue weighted by Gasteiger charge is -2.35. The van der Waals surface area contributed by atoms with Crippen molar-refractivity contribution in [3.05, 3.63) is 71.3 Å². The standard InChI is InChI=1S/C20H22F3NO.ClH/c1-14(16-9-5-10-17(13-16)20(21,22)23)25-18-11-6-12-24-19(18)15-7-3-2-4-8-15;/h2-5,7-10,13-14,18-19,24H,6,11-12H2,1H3;1H/t14?,18-,19-;/m1./s1. The monoisotopic (exact) mass is 385 g/mol. The molecule has 1 heterocycles. The number of hydrogen-bond donors (Lipinski definition) is 1. The van der Waals surface area contributed by atoms with Gasteiger partial charge in [-0.2, -0.15) is 13.2 Å². The summed E-state index contributed by atoms with van der Waals surface area (Å²) in [5.74, 6) is 0. The molecule has 0 radical (unpaired) electrons. The quantitative estimate of drug-likeness (QED) is 0.729. The SMILES string of the molecule is CC(O[C@@H]1CCCN[C@@H]1c1ccccc1)c1cccc(C(F)(F)F)c1.Cl. The van der Waals surface area contributed by atoms with Crippen LogP contribution in [0.4, 0.5) is 13.2 Å². The molecule has 1 fully saturated rings. The summed E-state index contributed by atoms with van der Waals surface area (Å²) in [5, 5.41) is 3.47. The van der Waals surface area contributed by atoms with Crippen molar-refractivity contribution in [3.63, 3.8) is 0 Å². The summed E-state index contributed by atoms with van der Waals surface area (Å²) in [7, 11) is 0. The number of alkyl halides is 3. The second-order valence-corrected chi connectivity index (χ2v) is 6.42. The third kappa shape index (κ3) is 5.00. The Balaban J connectivity index is 0.00000243. The molecule has 0 amide bonds. The lowest BCUT2D eigenvalue weighted by atomic mass is 9.94. The number of rotatable bonds is 4. The maximum absolute atomic E-state index is 12.9. The minimum atomic E-state index is -4.34. The normalized spacial score (nSPS) is 21.7. The van der Waals surface area contributed by atoms with Gasteiger partial charge in [0.05, 0.1) is 23.8 Å². The first kappa shape index (κ1) is 20.7. The maximum Gasteiger partial charge on any atom is 0.416 e. The average molecular weight is 386 g/mol. The van der Waals surface area contributed by atoms with Crippen molar-refractivity contribution in [2.75, 3.05) is 6.54 Å². The van der Waals surface area contributed by atoms with E-state index >= 15 is 0 Å². The lowest BCUT2D eigenvalue weighted by Crippen LogP contribution is -2.39. The van der Waals surface area contributed by atoms with Crippen molar-refractivity contribution in [1.29, 1.82) is 0 Å². The van der Waals surface area contributed by atoms with Crippen molar-refractivity contribution >= 4 is 12.4 Å². The van der Waals surface area contributed by atoms with Crippen LogP contribution in [0.25, 0.3) is 0 Å². The van der Waals surface area contributed by atoms with E-state index in [9.17, 15) is 13.2 Å². The Morgan fingerprint density at radius 2 is 1.81 bits per heavy atom. The second kappa shape index (κ2) is 8.89. The number of nitrogens with one attached hydrogen (secondary N) is 1. The number of piperidine rings is 1. The van der Waals surface area contributed by atoms with E-state index < -0.39 is 17.8 Å². The van der Waals surface area contributed by atoms with Gasteiger partial charge in [0.1, 0.15) is 0 Å². The average Bonchev–Trinajstić information content (AvgIpc) is 2.62. The third-order valence-electron chi connectivity index (χ3n) is 4.62. The van der Waals surface area contributed by atoms with E-state index in [-0.39, 0.29) is 24.6 Å². The smallest absolute Gasteiger partial charge is 0.369 e. The molecular weight excluding hydrogens is 363 g/mol. The maximum atomic E-state index is 12.9. The van der Waals surface area contributed by atoms with Crippen LogP contribution in [0.3, 0.4) is 0 Å². The van der Waals surface area contributed by atoms with Gasteiger partial charge >= 0.3 is 6.18 Å². The number of halogens is 4. The summed E-state index contributed by atoms with van der Waals surface area (Å²) in [6.07, 6.45) is -2.94. The van der Waals surface area contributed by atoms with Gasteiger partial charge < -0.3 is 10.1 Å². The summed E-state index contributed by atoms with van der Waals surface area (Å²) in [6.45, 7) is 2.73. The zero-order valence-electron chi connectivity index (χ0n) is 14.5. The van der Waals surface area contributed by atoms with Crippen LogP contribution in [0, 0.1) is 0 Å². The first-order valence-electron chi connectivity index (χ1n) is 8.56. The van der Waals surface area contributed by atoms with E-state index in [1.807, 2.05) is 37.3 Å². The molecule has 1 unspecified atom stereocenters. The molecule has 1 aliphatic rings. The molecule has 2 aromatic carbocycles. The van der Waals surface area contributed by atoms with E-state index in [0.29, 0.717) is 5.56 Å². The van der Waals surface area contributed by atoms with E-state index in [0.717, 1.165) is 31.0 Å². The van der Waals surface area contributed by atoms with Gasteiger partial charge in [0.25, 0.3) is 0 Å². The topological polar surface area (TPSA) is 21.3 Å². The first-order chi connectivity index (χ1) is 11.9. The van der Waals surface area contributed by atoms with E-state index in [2.05, 4.69) is 5.32 Å².